The van der Waals surface area contributed by atoms with Crippen LogP contribution in [-0.4, -0.2) is 24.7 Å². The van der Waals surface area contributed by atoms with E-state index in [1.807, 2.05) is 6.20 Å². The van der Waals surface area contributed by atoms with E-state index < -0.39 is 0 Å². The summed E-state index contributed by atoms with van der Waals surface area (Å²) in [6.45, 7) is 2.89. The van der Waals surface area contributed by atoms with Crippen LogP contribution < -0.4 is 10.1 Å². The van der Waals surface area contributed by atoms with Gasteiger partial charge in [-0.3, -0.25) is 4.98 Å². The Labute approximate surface area is 110 Å². The number of ether oxygens (including phenoxy) is 1. The molecule has 0 bridgehead atoms. The fraction of sp³-hybridized carbons (Fsp3) is 0.667. The highest BCUT2D eigenvalue weighted by Crippen LogP contribution is 2.34. The van der Waals surface area contributed by atoms with E-state index in [9.17, 15) is 0 Å². The van der Waals surface area contributed by atoms with Crippen molar-refractivity contribution in [3.63, 3.8) is 0 Å². The summed E-state index contributed by atoms with van der Waals surface area (Å²) in [6, 6.07) is 2.80. The first-order chi connectivity index (χ1) is 8.83. The molecule has 0 radical (unpaired) electrons. The standard InChI is InChI=1S/C15H24N2O/c1-3-8-18-14-9-12(10-17-11-14)4-7-15(16-2)13-5-6-13/h9-11,13,15-16H,3-8H2,1-2H3. The molecule has 1 aromatic rings. The van der Waals surface area contributed by atoms with Gasteiger partial charge in [-0.15, -0.1) is 0 Å². The first kappa shape index (κ1) is 13.3. The Kier molecular flexibility index (Phi) is 5.00. The highest BCUT2D eigenvalue weighted by Gasteiger charge is 2.29. The van der Waals surface area contributed by atoms with Crippen LogP contribution in [0, 0.1) is 5.92 Å². The third-order valence-electron chi connectivity index (χ3n) is 3.55. The van der Waals surface area contributed by atoms with Gasteiger partial charge in [0, 0.05) is 12.2 Å². The average Bonchev–Trinajstić information content (AvgIpc) is 3.22. The van der Waals surface area contributed by atoms with Crippen LogP contribution >= 0.6 is 0 Å². The lowest BCUT2D eigenvalue weighted by Crippen LogP contribution is -2.27. The minimum atomic E-state index is 0.671. The predicted octanol–water partition coefficient (Wildman–Crippen LogP) is 2.80. The molecule has 0 aliphatic heterocycles. The molecular formula is C15H24N2O. The van der Waals surface area contributed by atoms with Crippen molar-refractivity contribution >= 4 is 0 Å². The van der Waals surface area contributed by atoms with Crippen molar-refractivity contribution in [2.24, 2.45) is 5.92 Å². The van der Waals surface area contributed by atoms with Gasteiger partial charge in [-0.05, 0) is 56.7 Å². The van der Waals surface area contributed by atoms with Gasteiger partial charge in [-0.25, -0.2) is 0 Å². The van der Waals surface area contributed by atoms with E-state index in [-0.39, 0.29) is 0 Å². The van der Waals surface area contributed by atoms with Gasteiger partial charge in [0.15, 0.2) is 0 Å². The van der Waals surface area contributed by atoms with Crippen LogP contribution in [0.15, 0.2) is 18.5 Å². The molecule has 2 rings (SSSR count). The smallest absolute Gasteiger partial charge is 0.137 e. The van der Waals surface area contributed by atoms with Crippen LogP contribution in [0.2, 0.25) is 0 Å². The first-order valence-corrected chi connectivity index (χ1v) is 7.07. The fourth-order valence-corrected chi connectivity index (χ4v) is 2.34. The molecule has 1 aliphatic rings. The van der Waals surface area contributed by atoms with E-state index in [1.54, 1.807) is 6.20 Å². The van der Waals surface area contributed by atoms with Crippen LogP contribution in [0.5, 0.6) is 5.75 Å². The van der Waals surface area contributed by atoms with E-state index in [4.69, 9.17) is 4.74 Å². The molecule has 1 N–H and O–H groups in total. The molecule has 1 atom stereocenters. The molecule has 18 heavy (non-hydrogen) atoms. The number of aryl methyl sites for hydroxylation is 1. The quantitative estimate of drug-likeness (QED) is 0.768. The molecule has 3 heteroatoms. The number of hydrogen-bond acceptors (Lipinski definition) is 3. The van der Waals surface area contributed by atoms with E-state index in [2.05, 4.69) is 30.3 Å². The maximum atomic E-state index is 5.61. The molecule has 1 aromatic heterocycles. The minimum absolute atomic E-state index is 0.671. The number of rotatable bonds is 8. The third kappa shape index (κ3) is 3.98. The Morgan fingerprint density at radius 1 is 1.44 bits per heavy atom. The zero-order valence-corrected chi connectivity index (χ0v) is 11.5. The molecule has 100 valence electrons. The van der Waals surface area contributed by atoms with E-state index in [0.29, 0.717) is 6.04 Å². The van der Waals surface area contributed by atoms with Crippen LogP contribution in [0.1, 0.15) is 38.2 Å². The number of hydrogen-bond donors (Lipinski definition) is 1. The zero-order chi connectivity index (χ0) is 12.8. The van der Waals surface area contributed by atoms with Crippen molar-refractivity contribution in [2.45, 2.75) is 45.1 Å². The summed E-state index contributed by atoms with van der Waals surface area (Å²) in [5.74, 6) is 1.81. The fourth-order valence-electron chi connectivity index (χ4n) is 2.34. The largest absolute Gasteiger partial charge is 0.492 e. The van der Waals surface area contributed by atoms with Crippen molar-refractivity contribution < 1.29 is 4.74 Å². The van der Waals surface area contributed by atoms with Gasteiger partial charge in [0.25, 0.3) is 0 Å². The average molecular weight is 248 g/mol. The Bertz CT molecular complexity index is 363. The Balaban J connectivity index is 1.84. The minimum Gasteiger partial charge on any atom is -0.492 e. The molecular weight excluding hydrogens is 224 g/mol. The van der Waals surface area contributed by atoms with Crippen molar-refractivity contribution in [1.82, 2.24) is 10.3 Å². The molecule has 0 saturated heterocycles. The Morgan fingerprint density at radius 3 is 2.94 bits per heavy atom. The maximum absolute atomic E-state index is 5.61. The molecule has 0 aromatic carbocycles. The number of nitrogens with one attached hydrogen (secondary N) is 1. The summed E-state index contributed by atoms with van der Waals surface area (Å²) < 4.78 is 5.61. The zero-order valence-electron chi connectivity index (χ0n) is 11.5. The van der Waals surface area contributed by atoms with Crippen molar-refractivity contribution in [2.75, 3.05) is 13.7 Å². The number of nitrogens with zero attached hydrogens (tertiary/aromatic N) is 1. The highest BCUT2D eigenvalue weighted by molar-refractivity contribution is 5.23. The summed E-state index contributed by atoms with van der Waals surface area (Å²) in [5.41, 5.74) is 1.28. The number of aromatic nitrogens is 1. The molecule has 0 spiro atoms. The Morgan fingerprint density at radius 2 is 2.28 bits per heavy atom. The second-order valence-corrected chi connectivity index (χ2v) is 5.15. The second-order valence-electron chi connectivity index (χ2n) is 5.15. The van der Waals surface area contributed by atoms with E-state index in [1.165, 1.54) is 24.8 Å². The third-order valence-corrected chi connectivity index (χ3v) is 3.55. The molecule has 1 unspecified atom stereocenters. The second kappa shape index (κ2) is 6.74. The van der Waals surface area contributed by atoms with Gasteiger partial charge >= 0.3 is 0 Å². The normalized spacial score (nSPS) is 16.6. The van der Waals surface area contributed by atoms with E-state index >= 15 is 0 Å². The van der Waals surface area contributed by atoms with Gasteiger partial charge < -0.3 is 10.1 Å². The van der Waals surface area contributed by atoms with Crippen LogP contribution in [0.3, 0.4) is 0 Å². The van der Waals surface area contributed by atoms with E-state index in [0.717, 1.165) is 31.1 Å². The van der Waals surface area contributed by atoms with Crippen LogP contribution in [0.4, 0.5) is 0 Å². The van der Waals surface area contributed by atoms with Crippen LogP contribution in [-0.2, 0) is 6.42 Å². The lowest BCUT2D eigenvalue weighted by Gasteiger charge is -2.15. The van der Waals surface area contributed by atoms with Gasteiger partial charge in [0.1, 0.15) is 5.75 Å². The maximum Gasteiger partial charge on any atom is 0.137 e. The van der Waals surface area contributed by atoms with Gasteiger partial charge in [0.2, 0.25) is 0 Å². The van der Waals surface area contributed by atoms with Gasteiger partial charge in [-0.1, -0.05) is 6.92 Å². The summed E-state index contributed by atoms with van der Waals surface area (Å²) >= 11 is 0. The van der Waals surface area contributed by atoms with Gasteiger partial charge in [0.05, 0.1) is 12.8 Å². The predicted molar refractivity (Wildman–Crippen MR) is 73.9 cm³/mol. The molecule has 1 aliphatic carbocycles. The van der Waals surface area contributed by atoms with Crippen molar-refractivity contribution in [1.29, 1.82) is 0 Å². The lowest BCUT2D eigenvalue weighted by molar-refractivity contribution is 0.315. The van der Waals surface area contributed by atoms with Gasteiger partial charge in [-0.2, -0.15) is 0 Å². The van der Waals surface area contributed by atoms with Crippen molar-refractivity contribution in [3.05, 3.63) is 24.0 Å². The monoisotopic (exact) mass is 248 g/mol. The topological polar surface area (TPSA) is 34.1 Å². The van der Waals surface area contributed by atoms with Crippen LogP contribution in [0.25, 0.3) is 0 Å². The molecule has 1 fully saturated rings. The summed E-state index contributed by atoms with van der Waals surface area (Å²) in [5, 5.41) is 3.43. The summed E-state index contributed by atoms with van der Waals surface area (Å²) in [6.07, 6.45) is 9.85. The first-order valence-electron chi connectivity index (χ1n) is 7.07. The lowest BCUT2D eigenvalue weighted by atomic mass is 10.0. The Hall–Kier alpha value is -1.09. The molecule has 3 nitrogen and oxygen atoms in total. The summed E-state index contributed by atoms with van der Waals surface area (Å²) in [4.78, 5) is 4.26. The highest BCUT2D eigenvalue weighted by atomic mass is 16.5. The number of pyridine rings is 1. The summed E-state index contributed by atoms with van der Waals surface area (Å²) in [7, 11) is 2.07. The van der Waals surface area contributed by atoms with Crippen molar-refractivity contribution in [3.8, 4) is 5.75 Å². The molecule has 1 saturated carbocycles. The molecule has 1 heterocycles. The molecule has 0 amide bonds. The SMILES string of the molecule is CCCOc1cncc(CCC(NC)C2CC2)c1.